The third kappa shape index (κ3) is 8.27. The summed E-state index contributed by atoms with van der Waals surface area (Å²) >= 11 is 1.75. The van der Waals surface area contributed by atoms with E-state index in [0.29, 0.717) is 35.0 Å². The zero-order chi connectivity index (χ0) is 70.2. The Morgan fingerprint density at radius 1 is 0.417 bits per heavy atom. The number of imidazole rings is 8. The molecule has 0 bridgehead atoms. The Morgan fingerprint density at radius 2 is 0.883 bits per heavy atom. The molecule has 0 atom stereocenters. The van der Waals surface area contributed by atoms with Gasteiger partial charge >= 0.3 is 45.6 Å². The van der Waals surface area contributed by atoms with Crippen LogP contribution >= 0.6 is 11.3 Å². The van der Waals surface area contributed by atoms with E-state index in [1.54, 1.807) is 71.5 Å². The maximum Gasteiger partial charge on any atom is 0.376 e. The van der Waals surface area contributed by atoms with Gasteiger partial charge in [-0.25, -0.2) is 36.4 Å². The van der Waals surface area contributed by atoms with Crippen LogP contribution in [0.4, 0.5) is 0 Å². The quantitative estimate of drug-likeness (QED) is 0.149. The predicted molar refractivity (Wildman–Crippen MR) is 373 cm³/mol. The average molecular weight is 1370 g/mol. The van der Waals surface area contributed by atoms with Gasteiger partial charge in [-0.2, -0.15) is 29.5 Å². The number of benzene rings is 1. The molecular weight excluding hydrogens is 1320 g/mol. The van der Waals surface area contributed by atoms with Crippen molar-refractivity contribution in [3.8, 4) is 61.9 Å². The van der Waals surface area contributed by atoms with E-state index in [1.807, 2.05) is 158 Å². The minimum Gasteiger partial charge on any atom is -0.395 e. The van der Waals surface area contributed by atoms with E-state index in [1.165, 1.54) is 43.0 Å². The molecule has 0 saturated carbocycles. The molecule has 25 heterocycles. The second-order valence-electron chi connectivity index (χ2n) is 25.2. The Bertz CT molecular complexity index is 7240. The van der Waals surface area contributed by atoms with Crippen molar-refractivity contribution in [1.29, 1.82) is 0 Å². The minimum absolute atomic E-state index is 0.410. The molecule has 0 aliphatic carbocycles. The molecule has 0 unspecified atom stereocenters. The summed E-state index contributed by atoms with van der Waals surface area (Å²) in [6.45, 7) is 1.52. The lowest BCUT2D eigenvalue weighted by Gasteiger charge is -2.02. The monoisotopic (exact) mass is 1370 g/mol. The van der Waals surface area contributed by atoms with Gasteiger partial charge in [0.15, 0.2) is 5.01 Å². The van der Waals surface area contributed by atoms with Crippen LogP contribution < -0.4 is 22.8 Å². The van der Waals surface area contributed by atoms with Crippen LogP contribution in [-0.2, 0) is 46.7 Å². The summed E-state index contributed by atoms with van der Waals surface area (Å²) in [7, 11) is 2.04. The van der Waals surface area contributed by atoms with Gasteiger partial charge in [0.05, 0.1) is 90.4 Å². The summed E-state index contributed by atoms with van der Waals surface area (Å²) in [6.07, 6.45) is 29.2. The molecule has 0 N–H and O–H groups in total. The van der Waals surface area contributed by atoms with Crippen molar-refractivity contribution in [3.63, 3.8) is 0 Å². The molecule has 0 spiro atoms. The molecule has 1 aromatic carbocycles. The molecule has 30 heteroatoms. The number of aromatic nitrogens is 28. The van der Waals surface area contributed by atoms with Crippen molar-refractivity contribution < 1.29 is 31.4 Å². The van der Waals surface area contributed by atoms with Gasteiger partial charge in [-0.05, 0) is 72.8 Å². The first-order chi connectivity index (χ1) is 52.1. The summed E-state index contributed by atoms with van der Waals surface area (Å²) in [5, 5.41) is 18.8. The van der Waals surface area contributed by atoms with E-state index >= 15 is 0 Å². The number of hydrogen-bond donors (Lipinski definition) is 0. The van der Waals surface area contributed by atoms with Gasteiger partial charge in [-0.15, -0.1) is 28.8 Å². The van der Waals surface area contributed by atoms with Crippen LogP contribution in [0.25, 0.3) is 146 Å². The number of hydrogen-bond acceptors (Lipinski definition) is 17. The fraction of sp³-hybridized carbons (Fsp3) is 0.0959. The molecule has 21 aromatic rings. The zero-order valence-corrected chi connectivity index (χ0v) is 54.9. The topological polar surface area (TPSA) is 263 Å². The highest BCUT2D eigenvalue weighted by atomic mass is 32.1. The molecule has 5 aliphatic heterocycles. The molecule has 5 aliphatic rings. The van der Waals surface area contributed by atoms with E-state index in [-0.39, 0.29) is 0 Å². The van der Waals surface area contributed by atoms with E-state index < -0.39 is 6.98 Å². The van der Waals surface area contributed by atoms with E-state index in [9.17, 15) is 0 Å². The standard InChI is InChI=1S/C19H13N6.2C14H11N6.C13H8N5O.C13H8N5S/c1-2-5-14(6-3-1)24-17-19(25-16(22-17)7-4-9-21-25)23-12-13-8-10-20-11-15(13)18(23)24;2*1-18-12-14(20-11(17-12)3-2-5-16-20)19-8-9-4-6-15-7-10(9)13(18)19;1-2-10-16-11-12(18(10)15-4-1)17-7-8-3-5-14-6-9(8)13(17)19-11;1-3-15-13-16-10-12(17(13)5-1)19-11-9-6-14-4-2-8(9)7-18(10)11/h1-11H,12H2;2*2-7H,8H2,1H3;2*1-6H,7H2/q5*+1/i;1D3;;;. The number of nitrogens with zero attached hydrogens (tertiary/aromatic N) is 28. The summed E-state index contributed by atoms with van der Waals surface area (Å²) in [4.78, 5) is 49.6. The lowest BCUT2D eigenvalue weighted by Crippen LogP contribution is -2.32. The van der Waals surface area contributed by atoms with E-state index in [0.717, 1.165) is 133 Å². The van der Waals surface area contributed by atoms with Gasteiger partial charge in [-0.1, -0.05) is 39.1 Å². The number of para-hydroxylation sites is 1. The maximum atomic E-state index is 7.95. The first kappa shape index (κ1) is 53.8. The lowest BCUT2D eigenvalue weighted by atomic mass is 10.2. The normalized spacial score (nSPS) is 13.5. The van der Waals surface area contributed by atoms with Gasteiger partial charge < -0.3 is 4.42 Å². The summed E-state index contributed by atoms with van der Waals surface area (Å²) in [5.74, 6) is 4.41. The predicted octanol–water partition coefficient (Wildman–Crippen LogP) is 7.09. The Kier molecular flexibility index (Phi) is 11.3. The third-order valence-electron chi connectivity index (χ3n) is 19.5. The highest BCUT2D eigenvalue weighted by Gasteiger charge is 2.40. The second kappa shape index (κ2) is 21.7. The number of pyridine rings is 5. The fourth-order valence-electron chi connectivity index (χ4n) is 15.1. The molecule has 26 rings (SSSR count). The van der Waals surface area contributed by atoms with Gasteiger partial charge in [0.2, 0.25) is 39.2 Å². The first-order valence-corrected chi connectivity index (χ1v) is 33.8. The molecule has 103 heavy (non-hydrogen) atoms. The van der Waals surface area contributed by atoms with Crippen molar-refractivity contribution >= 4 is 95.4 Å². The van der Waals surface area contributed by atoms with Crippen LogP contribution in [0, 0.1) is 0 Å². The van der Waals surface area contributed by atoms with Crippen molar-refractivity contribution in [2.75, 3.05) is 0 Å². The number of oxazole rings is 1. The van der Waals surface area contributed by atoms with Crippen molar-refractivity contribution in [1.82, 2.24) is 111 Å². The van der Waals surface area contributed by atoms with E-state index in [2.05, 4.69) is 128 Å². The Balaban J connectivity index is 0.0000000830. The van der Waals surface area contributed by atoms with Gasteiger partial charge in [0.25, 0.3) is 22.6 Å². The minimum atomic E-state index is -2.34. The van der Waals surface area contributed by atoms with Crippen LogP contribution in [0.3, 0.4) is 0 Å². The lowest BCUT2D eigenvalue weighted by molar-refractivity contribution is -0.651. The van der Waals surface area contributed by atoms with E-state index in [4.69, 9.17) is 13.5 Å². The molecular formula is C73H51N28OS+5. The van der Waals surface area contributed by atoms with Crippen molar-refractivity contribution in [2.24, 2.45) is 14.0 Å². The smallest absolute Gasteiger partial charge is 0.376 e. The highest BCUT2D eigenvalue weighted by molar-refractivity contribution is 7.20. The number of aryl methyl sites for hydroxylation is 2. The van der Waals surface area contributed by atoms with Crippen LogP contribution in [0.1, 0.15) is 31.9 Å². The van der Waals surface area contributed by atoms with Crippen molar-refractivity contribution in [3.05, 3.63) is 242 Å². The fourth-order valence-corrected chi connectivity index (χ4v) is 16.3. The summed E-state index contributed by atoms with van der Waals surface area (Å²) in [6, 6.07) is 37.6. The van der Waals surface area contributed by atoms with Crippen LogP contribution in [0.5, 0.6) is 0 Å². The summed E-state index contributed by atoms with van der Waals surface area (Å²) in [5.41, 5.74) is 23.3. The van der Waals surface area contributed by atoms with Gasteiger partial charge in [0, 0.05) is 131 Å². The largest absolute Gasteiger partial charge is 0.395 e. The SMILES string of the molecule is Cn1c2[n+](c3c1nc1cccnn13)Cc1ccncc1-2.[2H]C([2H])([2H])n1c2[n+](c3c1nc1cccnn13)Cc1ccncc1-2.c1ccc(-n2c3[n+](c4c2nc2cccnn24)Cc2ccncc2-3)cc1.c1cnc2nc3c(sc4[n+]3Cc3ccncc3-4)n2c1.c1cnn2c(c1)nc1oc3[n+](c12)Cc1ccncc1-3. The third-order valence-corrected chi connectivity index (χ3v) is 20.7. The van der Waals surface area contributed by atoms with Crippen LogP contribution in [-0.4, -0.2) is 111 Å². The van der Waals surface area contributed by atoms with Crippen molar-refractivity contribution in [2.45, 2.75) is 32.7 Å². The number of rotatable bonds is 1. The molecule has 20 aromatic heterocycles. The zero-order valence-electron chi connectivity index (χ0n) is 57.1. The highest BCUT2D eigenvalue weighted by Crippen LogP contribution is 2.38. The second-order valence-corrected chi connectivity index (χ2v) is 26.1. The number of fused-ring (bicyclic) bond motifs is 35. The molecule has 0 fully saturated rings. The molecule has 490 valence electrons. The molecule has 0 amide bonds. The molecule has 0 radical (unpaired) electrons. The molecule has 29 nitrogen and oxygen atoms in total. The Labute approximate surface area is 586 Å². The Hall–Kier alpha value is -14.2. The van der Waals surface area contributed by atoms with Crippen LogP contribution in [0.15, 0.2) is 219 Å². The first-order valence-electron chi connectivity index (χ1n) is 34.5. The number of thiazole rings is 1. The molecule has 0 saturated heterocycles. The Morgan fingerprint density at radius 3 is 1.48 bits per heavy atom. The average Bonchev–Trinajstić information content (AvgIpc) is 1.56. The summed E-state index contributed by atoms with van der Waals surface area (Å²) < 4.78 is 55.5. The maximum absolute atomic E-state index is 7.95. The van der Waals surface area contributed by atoms with Gasteiger partial charge in [0.1, 0.15) is 18.8 Å². The van der Waals surface area contributed by atoms with Crippen LogP contribution in [0.2, 0.25) is 0 Å². The van der Waals surface area contributed by atoms with Gasteiger partial charge in [-0.3, -0.25) is 24.9 Å².